The molecule has 0 amide bonds. The fraction of sp³-hybridized carbons (Fsp3) is 0. The largest absolute Gasteiger partial charge is 0.492 e. The molecule has 3 heterocycles. The third-order valence-corrected chi connectivity index (χ3v) is 4.12. The van der Waals surface area contributed by atoms with Gasteiger partial charge in [0.05, 0.1) is 4.47 Å². The van der Waals surface area contributed by atoms with E-state index in [0.717, 1.165) is 4.47 Å². The van der Waals surface area contributed by atoms with Gasteiger partial charge in [-0.3, -0.25) is 4.98 Å². The fourth-order valence-corrected chi connectivity index (χ4v) is 2.93. The lowest BCUT2D eigenvalue weighted by Crippen LogP contribution is -1.91. The molecule has 0 spiro atoms. The number of pyridine rings is 1. The quantitative estimate of drug-likeness (QED) is 0.750. The SMILES string of the molecule is Oc1nc(-c2ccccn2)nc2c(Br)csc12. The summed E-state index contributed by atoms with van der Waals surface area (Å²) in [6.07, 6.45) is 1.67. The van der Waals surface area contributed by atoms with Crippen molar-refractivity contribution in [3.63, 3.8) is 0 Å². The summed E-state index contributed by atoms with van der Waals surface area (Å²) in [4.78, 5) is 12.6. The van der Waals surface area contributed by atoms with Crippen LogP contribution in [0, 0.1) is 0 Å². The highest BCUT2D eigenvalue weighted by atomic mass is 79.9. The lowest BCUT2D eigenvalue weighted by Gasteiger charge is -2.00. The number of hydrogen-bond acceptors (Lipinski definition) is 5. The maximum Gasteiger partial charge on any atom is 0.233 e. The molecule has 0 bridgehead atoms. The van der Waals surface area contributed by atoms with Gasteiger partial charge in [0, 0.05) is 11.6 Å². The summed E-state index contributed by atoms with van der Waals surface area (Å²) >= 11 is 4.80. The minimum atomic E-state index is -0.00801. The normalized spacial score (nSPS) is 10.9. The summed E-state index contributed by atoms with van der Waals surface area (Å²) in [6.45, 7) is 0. The Morgan fingerprint density at radius 2 is 2.12 bits per heavy atom. The van der Waals surface area contributed by atoms with Crippen LogP contribution in [-0.4, -0.2) is 20.1 Å². The first kappa shape index (κ1) is 10.6. The highest BCUT2D eigenvalue weighted by molar-refractivity contribution is 9.10. The molecule has 0 unspecified atom stereocenters. The van der Waals surface area contributed by atoms with Crippen LogP contribution in [0.4, 0.5) is 0 Å². The summed E-state index contributed by atoms with van der Waals surface area (Å²) in [5, 5.41) is 11.7. The molecule has 0 atom stereocenters. The van der Waals surface area contributed by atoms with Crippen LogP contribution in [0.1, 0.15) is 0 Å². The smallest absolute Gasteiger partial charge is 0.233 e. The molecule has 17 heavy (non-hydrogen) atoms. The Labute approximate surface area is 109 Å². The molecule has 3 aromatic rings. The number of aromatic hydroxyl groups is 1. The standard InChI is InChI=1S/C11H6BrN3OS/c12-6-5-17-9-8(6)14-10(15-11(9)16)7-3-1-2-4-13-7/h1-5H,(H,14,15,16). The first-order valence-corrected chi connectivity index (χ1v) is 6.48. The average Bonchev–Trinajstić information content (AvgIpc) is 2.73. The van der Waals surface area contributed by atoms with E-state index >= 15 is 0 Å². The van der Waals surface area contributed by atoms with Gasteiger partial charge in [0.2, 0.25) is 5.88 Å². The van der Waals surface area contributed by atoms with E-state index in [4.69, 9.17) is 0 Å². The molecule has 3 rings (SSSR count). The van der Waals surface area contributed by atoms with Gasteiger partial charge >= 0.3 is 0 Å². The molecular formula is C11H6BrN3OS. The van der Waals surface area contributed by atoms with Gasteiger partial charge in [-0.2, -0.15) is 4.98 Å². The zero-order chi connectivity index (χ0) is 11.8. The maximum atomic E-state index is 9.84. The second kappa shape index (κ2) is 4.05. The number of aromatic nitrogens is 3. The Balaban J connectivity index is 2.28. The van der Waals surface area contributed by atoms with Crippen molar-refractivity contribution in [2.75, 3.05) is 0 Å². The monoisotopic (exact) mass is 307 g/mol. The number of hydrogen-bond donors (Lipinski definition) is 1. The van der Waals surface area contributed by atoms with Crippen LogP contribution >= 0.6 is 27.3 Å². The summed E-state index contributed by atoms with van der Waals surface area (Å²) in [5.41, 5.74) is 1.35. The van der Waals surface area contributed by atoms with Crippen LogP contribution in [0.3, 0.4) is 0 Å². The Morgan fingerprint density at radius 3 is 2.88 bits per heavy atom. The number of halogens is 1. The van der Waals surface area contributed by atoms with Crippen molar-refractivity contribution < 1.29 is 5.11 Å². The molecule has 0 aliphatic heterocycles. The number of rotatable bonds is 1. The highest BCUT2D eigenvalue weighted by Crippen LogP contribution is 2.34. The van der Waals surface area contributed by atoms with Crippen molar-refractivity contribution in [3.05, 3.63) is 34.2 Å². The summed E-state index contributed by atoms with van der Waals surface area (Å²) in [7, 11) is 0. The van der Waals surface area contributed by atoms with Crippen LogP contribution < -0.4 is 0 Å². The first-order chi connectivity index (χ1) is 8.25. The molecule has 1 N–H and O–H groups in total. The van der Waals surface area contributed by atoms with Crippen LogP contribution in [0.15, 0.2) is 34.2 Å². The lowest BCUT2D eigenvalue weighted by atomic mass is 10.3. The van der Waals surface area contributed by atoms with E-state index in [1.807, 2.05) is 17.5 Å². The maximum absolute atomic E-state index is 9.84. The van der Waals surface area contributed by atoms with Gasteiger partial charge in [0.25, 0.3) is 0 Å². The topological polar surface area (TPSA) is 58.9 Å². The van der Waals surface area contributed by atoms with Gasteiger partial charge in [0.1, 0.15) is 15.9 Å². The number of thiophene rings is 1. The molecule has 3 aromatic heterocycles. The van der Waals surface area contributed by atoms with Crippen LogP contribution in [-0.2, 0) is 0 Å². The van der Waals surface area contributed by atoms with Crippen LogP contribution in [0.2, 0.25) is 0 Å². The van der Waals surface area contributed by atoms with Crippen molar-refractivity contribution in [1.29, 1.82) is 0 Å². The molecular weight excluding hydrogens is 302 g/mol. The summed E-state index contributed by atoms with van der Waals surface area (Å²) in [5.74, 6) is 0.418. The van der Waals surface area contributed by atoms with E-state index in [1.54, 1.807) is 12.3 Å². The fourth-order valence-electron chi connectivity index (χ4n) is 1.49. The molecule has 0 saturated heterocycles. The molecule has 0 aliphatic rings. The predicted octanol–water partition coefficient (Wildman–Crippen LogP) is 3.22. The molecule has 0 aliphatic carbocycles. The Hall–Kier alpha value is -1.53. The van der Waals surface area contributed by atoms with Crippen molar-refractivity contribution >= 4 is 37.5 Å². The second-order valence-electron chi connectivity index (χ2n) is 3.35. The van der Waals surface area contributed by atoms with Gasteiger partial charge in [-0.25, -0.2) is 4.98 Å². The van der Waals surface area contributed by atoms with Gasteiger partial charge in [-0.15, -0.1) is 11.3 Å². The summed E-state index contributed by atoms with van der Waals surface area (Å²) < 4.78 is 1.53. The van der Waals surface area contributed by atoms with Crippen molar-refractivity contribution in [1.82, 2.24) is 15.0 Å². The average molecular weight is 308 g/mol. The first-order valence-electron chi connectivity index (χ1n) is 4.81. The molecule has 6 heteroatoms. The molecule has 4 nitrogen and oxygen atoms in total. The van der Waals surface area contributed by atoms with E-state index in [0.29, 0.717) is 21.7 Å². The molecule has 84 valence electrons. The number of fused-ring (bicyclic) bond motifs is 1. The van der Waals surface area contributed by atoms with Crippen LogP contribution in [0.5, 0.6) is 5.88 Å². The molecule has 0 aromatic carbocycles. The Kier molecular flexibility index (Phi) is 2.53. The predicted molar refractivity (Wildman–Crippen MR) is 70.0 cm³/mol. The Bertz CT molecular complexity index is 684. The Morgan fingerprint density at radius 1 is 1.24 bits per heavy atom. The third kappa shape index (κ3) is 1.79. The van der Waals surface area contributed by atoms with Gasteiger partial charge in [-0.05, 0) is 28.1 Å². The molecule has 0 fully saturated rings. The zero-order valence-corrected chi connectivity index (χ0v) is 10.9. The minimum absolute atomic E-state index is 0.00801. The van der Waals surface area contributed by atoms with E-state index in [1.165, 1.54) is 11.3 Å². The lowest BCUT2D eigenvalue weighted by molar-refractivity contribution is 0.461. The number of nitrogens with zero attached hydrogens (tertiary/aromatic N) is 3. The summed E-state index contributed by atoms with van der Waals surface area (Å²) in [6, 6.07) is 5.48. The van der Waals surface area contributed by atoms with E-state index in [9.17, 15) is 5.11 Å². The van der Waals surface area contributed by atoms with E-state index < -0.39 is 0 Å². The van der Waals surface area contributed by atoms with Crippen molar-refractivity contribution in [2.24, 2.45) is 0 Å². The van der Waals surface area contributed by atoms with Crippen LogP contribution in [0.25, 0.3) is 21.7 Å². The second-order valence-corrected chi connectivity index (χ2v) is 5.08. The van der Waals surface area contributed by atoms with E-state index in [-0.39, 0.29) is 5.88 Å². The van der Waals surface area contributed by atoms with Gasteiger partial charge in [-0.1, -0.05) is 6.07 Å². The molecule has 0 saturated carbocycles. The van der Waals surface area contributed by atoms with Gasteiger partial charge in [0.15, 0.2) is 5.82 Å². The minimum Gasteiger partial charge on any atom is -0.492 e. The highest BCUT2D eigenvalue weighted by Gasteiger charge is 2.12. The van der Waals surface area contributed by atoms with E-state index in [2.05, 4.69) is 30.9 Å². The third-order valence-electron chi connectivity index (χ3n) is 2.25. The zero-order valence-electron chi connectivity index (χ0n) is 8.46. The molecule has 0 radical (unpaired) electrons. The van der Waals surface area contributed by atoms with Crippen molar-refractivity contribution in [2.45, 2.75) is 0 Å². The van der Waals surface area contributed by atoms with Gasteiger partial charge < -0.3 is 5.11 Å². The van der Waals surface area contributed by atoms with Crippen molar-refractivity contribution in [3.8, 4) is 17.4 Å².